The molecule has 23 heavy (non-hydrogen) atoms. The zero-order valence-corrected chi connectivity index (χ0v) is 13.6. The molecule has 1 saturated heterocycles. The van der Waals surface area contributed by atoms with Crippen LogP contribution in [0.15, 0.2) is 50.9 Å². The highest BCUT2D eigenvalue weighted by Crippen LogP contribution is 2.24. The van der Waals surface area contributed by atoms with Gasteiger partial charge in [0.15, 0.2) is 0 Å². The Hall–Kier alpha value is -2.67. The molecule has 1 aliphatic rings. The molecule has 2 heterocycles. The number of barbiturate groups is 1. The number of carbonyl (C=O) groups is 3. The minimum Gasteiger partial charge on any atom is -0.462 e. The molecule has 1 aliphatic heterocycles. The first-order chi connectivity index (χ1) is 11.0. The van der Waals surface area contributed by atoms with Crippen LogP contribution in [0.1, 0.15) is 11.5 Å². The highest BCUT2D eigenvalue weighted by molar-refractivity contribution is 9.10. The van der Waals surface area contributed by atoms with Crippen LogP contribution in [-0.2, 0) is 9.59 Å². The molecule has 0 unspecified atom stereocenters. The zero-order valence-electron chi connectivity index (χ0n) is 12.0. The van der Waals surface area contributed by atoms with Gasteiger partial charge in [0.25, 0.3) is 11.8 Å². The summed E-state index contributed by atoms with van der Waals surface area (Å²) in [5, 5.41) is 2.16. The van der Waals surface area contributed by atoms with E-state index in [4.69, 9.17) is 4.42 Å². The van der Waals surface area contributed by atoms with E-state index in [-0.39, 0.29) is 5.57 Å². The molecule has 2 aromatic rings. The van der Waals surface area contributed by atoms with Crippen molar-refractivity contribution in [2.45, 2.75) is 6.92 Å². The Morgan fingerprint density at radius 2 is 1.96 bits per heavy atom. The normalized spacial score (nSPS) is 16.9. The van der Waals surface area contributed by atoms with Gasteiger partial charge in [-0.15, -0.1) is 0 Å². The van der Waals surface area contributed by atoms with Crippen LogP contribution in [0.3, 0.4) is 0 Å². The van der Waals surface area contributed by atoms with Crippen molar-refractivity contribution in [3.05, 3.63) is 58.0 Å². The van der Waals surface area contributed by atoms with E-state index in [1.807, 2.05) is 0 Å². The highest BCUT2D eigenvalue weighted by atomic mass is 79.9. The Morgan fingerprint density at radius 1 is 1.17 bits per heavy atom. The summed E-state index contributed by atoms with van der Waals surface area (Å²) in [5.41, 5.74) is 0.190. The second kappa shape index (κ2) is 5.85. The Kier molecular flexibility index (Phi) is 3.87. The third-order valence-electron chi connectivity index (χ3n) is 3.22. The van der Waals surface area contributed by atoms with Crippen molar-refractivity contribution < 1.29 is 18.8 Å². The fourth-order valence-corrected chi connectivity index (χ4v) is 2.57. The monoisotopic (exact) mass is 374 g/mol. The molecule has 6 nitrogen and oxygen atoms in total. The molecule has 0 spiro atoms. The van der Waals surface area contributed by atoms with E-state index in [1.54, 1.807) is 43.3 Å². The molecule has 7 heteroatoms. The Labute approximate surface area is 139 Å². The number of halogens is 1. The summed E-state index contributed by atoms with van der Waals surface area (Å²) in [6, 6.07) is 9.25. The molecule has 1 aromatic carbocycles. The van der Waals surface area contributed by atoms with E-state index in [2.05, 4.69) is 21.2 Å². The van der Waals surface area contributed by atoms with Gasteiger partial charge in [-0.25, -0.2) is 9.69 Å². The third kappa shape index (κ3) is 2.95. The van der Waals surface area contributed by atoms with Gasteiger partial charge >= 0.3 is 6.03 Å². The lowest BCUT2D eigenvalue weighted by Crippen LogP contribution is -2.54. The second-order valence-corrected chi connectivity index (χ2v) is 5.80. The lowest BCUT2D eigenvalue weighted by molar-refractivity contribution is -0.122. The maximum absolute atomic E-state index is 12.6. The molecule has 0 aliphatic carbocycles. The van der Waals surface area contributed by atoms with Gasteiger partial charge in [-0.3, -0.25) is 14.9 Å². The van der Waals surface area contributed by atoms with Gasteiger partial charge in [0.05, 0.1) is 5.69 Å². The number of anilines is 1. The Bertz CT molecular complexity index is 853. The maximum Gasteiger partial charge on any atom is 0.335 e. The molecule has 1 aromatic heterocycles. The molecule has 1 fully saturated rings. The molecule has 4 amide bonds. The van der Waals surface area contributed by atoms with E-state index >= 15 is 0 Å². The van der Waals surface area contributed by atoms with Gasteiger partial charge in [-0.05, 0) is 43.3 Å². The summed E-state index contributed by atoms with van der Waals surface area (Å²) in [4.78, 5) is 37.5. The lowest BCUT2D eigenvalue weighted by atomic mass is 10.1. The number of hydrogen-bond donors (Lipinski definition) is 1. The Morgan fingerprint density at radius 3 is 2.61 bits per heavy atom. The standard InChI is InChI=1S/C16H11BrN2O4/c1-9-5-6-12(23-9)8-13-14(20)18-16(22)19(15(13)21)11-4-2-3-10(17)7-11/h2-8H,1H3,(H,18,20,22)/b13-8+. The number of imide groups is 2. The summed E-state index contributed by atoms with van der Waals surface area (Å²) in [5.74, 6) is -0.434. The summed E-state index contributed by atoms with van der Waals surface area (Å²) < 4.78 is 6.06. The SMILES string of the molecule is Cc1ccc(/C=C2\C(=O)NC(=O)N(c3cccc(Br)c3)C2=O)o1. The molecule has 3 rings (SSSR count). The van der Waals surface area contributed by atoms with E-state index < -0.39 is 17.8 Å². The number of furan rings is 1. The number of aryl methyl sites for hydroxylation is 1. The first-order valence-electron chi connectivity index (χ1n) is 6.69. The summed E-state index contributed by atoms with van der Waals surface area (Å²) in [6.07, 6.45) is 1.32. The van der Waals surface area contributed by atoms with E-state index in [0.29, 0.717) is 21.7 Å². The maximum atomic E-state index is 12.6. The van der Waals surface area contributed by atoms with Crippen LogP contribution in [0, 0.1) is 6.92 Å². The minimum atomic E-state index is -0.786. The number of nitrogens with zero attached hydrogens (tertiary/aromatic N) is 1. The molecule has 1 N–H and O–H groups in total. The van der Waals surface area contributed by atoms with Crippen molar-refractivity contribution in [2.75, 3.05) is 4.90 Å². The van der Waals surface area contributed by atoms with Gasteiger partial charge in [0.1, 0.15) is 17.1 Å². The van der Waals surface area contributed by atoms with Crippen molar-refractivity contribution in [3.8, 4) is 0 Å². The lowest BCUT2D eigenvalue weighted by Gasteiger charge is -2.26. The summed E-state index contributed by atoms with van der Waals surface area (Å²) >= 11 is 3.29. The van der Waals surface area contributed by atoms with Crippen LogP contribution in [0.2, 0.25) is 0 Å². The van der Waals surface area contributed by atoms with Crippen LogP contribution in [-0.4, -0.2) is 17.8 Å². The number of urea groups is 1. The number of hydrogen-bond acceptors (Lipinski definition) is 4. The van der Waals surface area contributed by atoms with E-state index in [0.717, 1.165) is 4.90 Å². The number of benzene rings is 1. The molecule has 0 saturated carbocycles. The van der Waals surface area contributed by atoms with E-state index in [9.17, 15) is 14.4 Å². The van der Waals surface area contributed by atoms with Gasteiger partial charge in [-0.1, -0.05) is 22.0 Å². The van der Waals surface area contributed by atoms with Crippen molar-refractivity contribution in [2.24, 2.45) is 0 Å². The minimum absolute atomic E-state index is 0.168. The average molecular weight is 375 g/mol. The van der Waals surface area contributed by atoms with Crippen molar-refractivity contribution in [1.29, 1.82) is 0 Å². The Balaban J connectivity index is 2.02. The molecule has 116 valence electrons. The van der Waals surface area contributed by atoms with Crippen LogP contribution in [0.5, 0.6) is 0 Å². The highest BCUT2D eigenvalue weighted by Gasteiger charge is 2.37. The van der Waals surface area contributed by atoms with E-state index in [1.165, 1.54) is 6.08 Å². The summed E-state index contributed by atoms with van der Waals surface area (Å²) in [7, 11) is 0. The molecular formula is C16H11BrN2O4. The first kappa shape index (κ1) is 15.2. The van der Waals surface area contributed by atoms with Crippen LogP contribution < -0.4 is 10.2 Å². The molecular weight excluding hydrogens is 364 g/mol. The van der Waals surface area contributed by atoms with Gasteiger partial charge < -0.3 is 4.42 Å². The quantitative estimate of drug-likeness (QED) is 0.647. The smallest absolute Gasteiger partial charge is 0.335 e. The van der Waals surface area contributed by atoms with Gasteiger partial charge in [0.2, 0.25) is 0 Å². The van der Waals surface area contributed by atoms with Gasteiger partial charge in [0, 0.05) is 4.47 Å². The fourth-order valence-electron chi connectivity index (χ4n) is 2.18. The van der Waals surface area contributed by atoms with Crippen molar-refractivity contribution in [1.82, 2.24) is 5.32 Å². The molecule has 0 bridgehead atoms. The average Bonchev–Trinajstić information content (AvgIpc) is 2.89. The summed E-state index contributed by atoms with van der Waals surface area (Å²) in [6.45, 7) is 1.75. The number of nitrogens with one attached hydrogen (secondary N) is 1. The number of carbonyl (C=O) groups excluding carboxylic acids is 3. The third-order valence-corrected chi connectivity index (χ3v) is 3.71. The zero-order chi connectivity index (χ0) is 16.6. The fraction of sp³-hybridized carbons (Fsp3) is 0.0625. The number of amides is 4. The largest absolute Gasteiger partial charge is 0.462 e. The van der Waals surface area contributed by atoms with Crippen LogP contribution >= 0.6 is 15.9 Å². The van der Waals surface area contributed by atoms with Crippen LogP contribution in [0.25, 0.3) is 6.08 Å². The topological polar surface area (TPSA) is 79.6 Å². The predicted octanol–water partition coefficient (Wildman–Crippen LogP) is 3.02. The van der Waals surface area contributed by atoms with Crippen molar-refractivity contribution in [3.63, 3.8) is 0 Å². The van der Waals surface area contributed by atoms with Crippen molar-refractivity contribution >= 4 is 45.5 Å². The molecule has 0 radical (unpaired) electrons. The first-order valence-corrected chi connectivity index (χ1v) is 7.48. The number of rotatable bonds is 2. The van der Waals surface area contributed by atoms with Gasteiger partial charge in [-0.2, -0.15) is 0 Å². The predicted molar refractivity (Wildman–Crippen MR) is 86.6 cm³/mol. The second-order valence-electron chi connectivity index (χ2n) is 4.89. The van der Waals surface area contributed by atoms with Crippen LogP contribution in [0.4, 0.5) is 10.5 Å². The molecule has 0 atom stereocenters.